The molecule has 0 aliphatic heterocycles. The number of nitrogens with zero attached hydrogens (tertiary/aromatic N) is 1. The quantitative estimate of drug-likeness (QED) is 0.614. The van der Waals surface area contributed by atoms with Gasteiger partial charge in [0.1, 0.15) is 0 Å². The van der Waals surface area contributed by atoms with Crippen molar-refractivity contribution in [2.75, 3.05) is 5.32 Å². The van der Waals surface area contributed by atoms with Crippen LogP contribution in [0.1, 0.15) is 31.2 Å². The average Bonchev–Trinajstić information content (AvgIpc) is 2.64. The maximum absolute atomic E-state index is 6.09. The fourth-order valence-electron chi connectivity index (χ4n) is 3.93. The minimum Gasteiger partial charge on any atom is -0.382 e. The first kappa shape index (κ1) is 16.4. The zero-order valence-corrected chi connectivity index (χ0v) is 15.0. The van der Waals surface area contributed by atoms with E-state index < -0.39 is 0 Å². The van der Waals surface area contributed by atoms with Crippen molar-refractivity contribution in [3.8, 4) is 0 Å². The van der Waals surface area contributed by atoms with E-state index in [0.29, 0.717) is 6.04 Å². The van der Waals surface area contributed by atoms with Crippen LogP contribution in [-0.2, 0) is 6.42 Å². The highest BCUT2D eigenvalue weighted by Crippen LogP contribution is 2.31. The summed E-state index contributed by atoms with van der Waals surface area (Å²) in [5.41, 5.74) is 3.60. The van der Waals surface area contributed by atoms with Gasteiger partial charge in [0.2, 0.25) is 0 Å². The third-order valence-corrected chi connectivity index (χ3v) is 5.51. The molecule has 1 aromatic heterocycles. The van der Waals surface area contributed by atoms with Crippen molar-refractivity contribution in [3.63, 3.8) is 0 Å². The molecule has 0 amide bonds. The van der Waals surface area contributed by atoms with E-state index >= 15 is 0 Å². The first-order valence-corrected chi connectivity index (χ1v) is 9.50. The zero-order valence-electron chi connectivity index (χ0n) is 14.3. The predicted octanol–water partition coefficient (Wildman–Crippen LogP) is 6.10. The Labute approximate surface area is 154 Å². The van der Waals surface area contributed by atoms with E-state index in [4.69, 9.17) is 11.6 Å². The number of pyridine rings is 1. The highest BCUT2D eigenvalue weighted by atomic mass is 35.5. The molecule has 2 nitrogen and oxygen atoms in total. The van der Waals surface area contributed by atoms with Crippen LogP contribution in [0.15, 0.2) is 60.8 Å². The van der Waals surface area contributed by atoms with Crippen molar-refractivity contribution in [1.82, 2.24) is 4.98 Å². The standard InChI is InChI=1S/C22H23ClN2/c23-18-8-11-20-21(12-13-24-22(20)15-18)25-19-9-6-17(7-10-19)14-16-4-2-1-3-5-16/h1-5,8,11-13,15,17,19H,6-7,9-10,14H2,(H,24,25). The molecule has 0 unspecified atom stereocenters. The first-order chi connectivity index (χ1) is 12.3. The molecule has 0 bridgehead atoms. The Morgan fingerprint density at radius 3 is 2.56 bits per heavy atom. The number of hydrogen-bond acceptors (Lipinski definition) is 2. The second kappa shape index (κ2) is 7.45. The molecule has 0 radical (unpaired) electrons. The monoisotopic (exact) mass is 350 g/mol. The first-order valence-electron chi connectivity index (χ1n) is 9.12. The molecule has 1 fully saturated rings. The predicted molar refractivity (Wildman–Crippen MR) is 106 cm³/mol. The lowest BCUT2D eigenvalue weighted by Crippen LogP contribution is -2.27. The SMILES string of the molecule is Clc1ccc2c(NC3CCC(Cc4ccccc4)CC3)ccnc2c1. The summed E-state index contributed by atoms with van der Waals surface area (Å²) in [4.78, 5) is 4.43. The van der Waals surface area contributed by atoms with Crippen molar-refractivity contribution in [3.05, 3.63) is 71.4 Å². The van der Waals surface area contributed by atoms with Crippen LogP contribution in [0.4, 0.5) is 5.69 Å². The third kappa shape index (κ3) is 3.96. The van der Waals surface area contributed by atoms with Gasteiger partial charge in [0.25, 0.3) is 0 Å². The summed E-state index contributed by atoms with van der Waals surface area (Å²) in [7, 11) is 0. The zero-order chi connectivity index (χ0) is 17.1. The van der Waals surface area contributed by atoms with Crippen LogP contribution < -0.4 is 5.32 Å². The summed E-state index contributed by atoms with van der Waals surface area (Å²) in [6.45, 7) is 0. The van der Waals surface area contributed by atoms with Gasteiger partial charge in [-0.15, -0.1) is 0 Å². The van der Waals surface area contributed by atoms with Gasteiger partial charge >= 0.3 is 0 Å². The molecule has 3 aromatic rings. The largest absolute Gasteiger partial charge is 0.382 e. The molecule has 128 valence electrons. The van der Waals surface area contributed by atoms with Crippen LogP contribution in [0.2, 0.25) is 5.02 Å². The van der Waals surface area contributed by atoms with Gasteiger partial charge in [-0.2, -0.15) is 0 Å². The van der Waals surface area contributed by atoms with Gasteiger partial charge < -0.3 is 5.32 Å². The molecule has 1 saturated carbocycles. The Hall–Kier alpha value is -2.06. The van der Waals surface area contributed by atoms with Gasteiger partial charge in [-0.3, -0.25) is 4.98 Å². The fraction of sp³-hybridized carbons (Fsp3) is 0.318. The maximum Gasteiger partial charge on any atom is 0.0737 e. The summed E-state index contributed by atoms with van der Waals surface area (Å²) in [5, 5.41) is 5.63. The van der Waals surface area contributed by atoms with Crippen molar-refractivity contribution in [1.29, 1.82) is 0 Å². The number of nitrogens with one attached hydrogen (secondary N) is 1. The highest BCUT2D eigenvalue weighted by molar-refractivity contribution is 6.31. The van der Waals surface area contributed by atoms with Crippen LogP contribution in [0, 0.1) is 5.92 Å². The molecule has 1 heterocycles. The summed E-state index contributed by atoms with van der Waals surface area (Å²) >= 11 is 6.09. The Morgan fingerprint density at radius 2 is 1.76 bits per heavy atom. The van der Waals surface area contributed by atoms with E-state index in [2.05, 4.69) is 52.8 Å². The Balaban J connectivity index is 1.39. The molecule has 4 rings (SSSR count). The Kier molecular flexibility index (Phi) is 4.89. The molecular formula is C22H23ClN2. The van der Waals surface area contributed by atoms with Crippen LogP contribution in [0.3, 0.4) is 0 Å². The lowest BCUT2D eigenvalue weighted by Gasteiger charge is -2.30. The minimum absolute atomic E-state index is 0.549. The molecule has 1 N–H and O–H groups in total. The van der Waals surface area contributed by atoms with Crippen molar-refractivity contribution < 1.29 is 0 Å². The maximum atomic E-state index is 6.09. The molecule has 2 aromatic carbocycles. The number of hydrogen-bond donors (Lipinski definition) is 1. The second-order valence-corrected chi connectivity index (χ2v) is 7.51. The molecule has 0 spiro atoms. The number of halogens is 1. The minimum atomic E-state index is 0.549. The van der Waals surface area contributed by atoms with Gasteiger partial charge in [-0.05, 0) is 67.9 Å². The van der Waals surface area contributed by atoms with Gasteiger partial charge in [0, 0.05) is 28.3 Å². The van der Waals surface area contributed by atoms with Crippen LogP contribution in [0.25, 0.3) is 10.9 Å². The average molecular weight is 351 g/mol. The van der Waals surface area contributed by atoms with Crippen molar-refractivity contribution >= 4 is 28.2 Å². The van der Waals surface area contributed by atoms with Crippen LogP contribution in [-0.4, -0.2) is 11.0 Å². The van der Waals surface area contributed by atoms with E-state index in [1.165, 1.54) is 43.4 Å². The number of anilines is 1. The van der Waals surface area contributed by atoms with Gasteiger partial charge in [0.05, 0.1) is 5.52 Å². The Bertz CT molecular complexity index is 839. The molecule has 0 saturated heterocycles. The van der Waals surface area contributed by atoms with E-state index in [1.807, 2.05) is 18.3 Å². The van der Waals surface area contributed by atoms with E-state index in [-0.39, 0.29) is 0 Å². The topological polar surface area (TPSA) is 24.9 Å². The van der Waals surface area contributed by atoms with Gasteiger partial charge in [-0.25, -0.2) is 0 Å². The second-order valence-electron chi connectivity index (χ2n) is 7.07. The summed E-state index contributed by atoms with van der Waals surface area (Å²) in [5.74, 6) is 0.813. The smallest absolute Gasteiger partial charge is 0.0737 e. The van der Waals surface area contributed by atoms with Crippen molar-refractivity contribution in [2.24, 2.45) is 5.92 Å². The molecule has 3 heteroatoms. The van der Waals surface area contributed by atoms with Crippen molar-refractivity contribution in [2.45, 2.75) is 38.1 Å². The van der Waals surface area contributed by atoms with E-state index in [0.717, 1.165) is 21.8 Å². The number of rotatable bonds is 4. The third-order valence-electron chi connectivity index (χ3n) is 5.28. The molecule has 0 atom stereocenters. The summed E-state index contributed by atoms with van der Waals surface area (Å²) < 4.78 is 0. The molecule has 1 aliphatic rings. The molecular weight excluding hydrogens is 328 g/mol. The number of aromatic nitrogens is 1. The lowest BCUT2D eigenvalue weighted by molar-refractivity contribution is 0.336. The van der Waals surface area contributed by atoms with Crippen LogP contribution >= 0.6 is 11.6 Å². The lowest BCUT2D eigenvalue weighted by atomic mass is 9.82. The number of benzene rings is 2. The van der Waals surface area contributed by atoms with Gasteiger partial charge in [-0.1, -0.05) is 41.9 Å². The fourth-order valence-corrected chi connectivity index (χ4v) is 4.09. The highest BCUT2D eigenvalue weighted by Gasteiger charge is 2.21. The van der Waals surface area contributed by atoms with Gasteiger partial charge in [0.15, 0.2) is 0 Å². The summed E-state index contributed by atoms with van der Waals surface area (Å²) in [6.07, 6.45) is 8.12. The number of fused-ring (bicyclic) bond motifs is 1. The van der Waals surface area contributed by atoms with Crippen LogP contribution in [0.5, 0.6) is 0 Å². The normalized spacial score (nSPS) is 20.5. The van der Waals surface area contributed by atoms with E-state index in [9.17, 15) is 0 Å². The molecule has 25 heavy (non-hydrogen) atoms. The summed E-state index contributed by atoms with van der Waals surface area (Å²) in [6, 6.07) is 19.4. The Morgan fingerprint density at radius 1 is 0.960 bits per heavy atom. The van der Waals surface area contributed by atoms with E-state index in [1.54, 1.807) is 0 Å². The molecule has 1 aliphatic carbocycles.